The Balaban J connectivity index is 1.99. The highest BCUT2D eigenvalue weighted by Crippen LogP contribution is 2.17. The number of amides is 1. The highest BCUT2D eigenvalue weighted by atomic mass is 16.6. The minimum Gasteiger partial charge on any atom is -0.508 e. The second-order valence-corrected chi connectivity index (χ2v) is 4.42. The van der Waals surface area contributed by atoms with Crippen molar-refractivity contribution in [1.29, 1.82) is 0 Å². The van der Waals surface area contributed by atoms with E-state index >= 15 is 0 Å². The second-order valence-electron chi connectivity index (χ2n) is 4.42. The number of nitrogens with one attached hydrogen (secondary N) is 1. The van der Waals surface area contributed by atoms with Gasteiger partial charge in [0.2, 0.25) is 5.91 Å². The van der Waals surface area contributed by atoms with Crippen molar-refractivity contribution < 1.29 is 14.8 Å². The predicted octanol–water partition coefficient (Wildman–Crippen LogP) is 1.83. The zero-order valence-electron chi connectivity index (χ0n) is 11.3. The number of aryl methyl sites for hydroxylation is 1. The fraction of sp³-hybridized carbons (Fsp3) is 0.231. The van der Waals surface area contributed by atoms with Gasteiger partial charge >= 0.3 is 5.82 Å². The Hall–Kier alpha value is -2.90. The van der Waals surface area contributed by atoms with Crippen LogP contribution in [-0.2, 0) is 11.3 Å². The SMILES string of the molecule is Cc1ncc([N+](=O)[O-])n1CCC(=O)Nc1cccc(O)c1. The monoisotopic (exact) mass is 290 g/mol. The summed E-state index contributed by atoms with van der Waals surface area (Å²) in [5, 5.41) is 22.7. The number of nitrogens with zero attached hydrogens (tertiary/aromatic N) is 3. The summed E-state index contributed by atoms with van der Waals surface area (Å²) in [6.07, 6.45) is 1.23. The van der Waals surface area contributed by atoms with Gasteiger partial charge in [0.05, 0.1) is 6.42 Å². The summed E-state index contributed by atoms with van der Waals surface area (Å²) < 4.78 is 1.38. The lowest BCUT2D eigenvalue weighted by Crippen LogP contribution is -2.15. The Morgan fingerprint density at radius 2 is 2.29 bits per heavy atom. The Morgan fingerprint density at radius 1 is 1.52 bits per heavy atom. The van der Waals surface area contributed by atoms with Crippen molar-refractivity contribution >= 4 is 17.4 Å². The van der Waals surface area contributed by atoms with Crippen LogP contribution in [0.2, 0.25) is 0 Å². The summed E-state index contributed by atoms with van der Waals surface area (Å²) in [6.45, 7) is 1.80. The summed E-state index contributed by atoms with van der Waals surface area (Å²) >= 11 is 0. The van der Waals surface area contributed by atoms with Gasteiger partial charge in [0.15, 0.2) is 5.82 Å². The van der Waals surface area contributed by atoms with E-state index in [1.165, 1.54) is 22.9 Å². The van der Waals surface area contributed by atoms with Gasteiger partial charge in [-0.1, -0.05) is 6.07 Å². The minimum absolute atomic E-state index is 0.0499. The van der Waals surface area contributed by atoms with Gasteiger partial charge in [0.25, 0.3) is 0 Å². The van der Waals surface area contributed by atoms with Crippen LogP contribution >= 0.6 is 0 Å². The van der Waals surface area contributed by atoms with Crippen LogP contribution in [0.5, 0.6) is 5.75 Å². The van der Waals surface area contributed by atoms with Crippen molar-refractivity contribution in [2.45, 2.75) is 19.9 Å². The first-order valence-electron chi connectivity index (χ1n) is 6.23. The van der Waals surface area contributed by atoms with E-state index in [1.807, 2.05) is 0 Å². The molecule has 0 aliphatic carbocycles. The number of phenols is 1. The number of phenolic OH excluding ortho intramolecular Hbond substituents is 1. The molecule has 21 heavy (non-hydrogen) atoms. The number of benzene rings is 1. The Labute approximate surface area is 120 Å². The molecule has 0 radical (unpaired) electrons. The topological polar surface area (TPSA) is 110 Å². The molecule has 1 aromatic heterocycles. The molecule has 2 aromatic rings. The molecule has 2 rings (SSSR count). The summed E-state index contributed by atoms with van der Waals surface area (Å²) in [5.41, 5.74) is 0.469. The van der Waals surface area contributed by atoms with Crippen molar-refractivity contribution in [1.82, 2.24) is 9.55 Å². The summed E-state index contributed by atoms with van der Waals surface area (Å²) in [6, 6.07) is 6.16. The van der Waals surface area contributed by atoms with Crippen molar-refractivity contribution in [3.8, 4) is 5.75 Å². The number of anilines is 1. The first kappa shape index (κ1) is 14.5. The van der Waals surface area contributed by atoms with E-state index in [1.54, 1.807) is 19.1 Å². The molecular formula is C13H14N4O4. The van der Waals surface area contributed by atoms with Crippen LogP contribution in [0.3, 0.4) is 0 Å². The lowest BCUT2D eigenvalue weighted by atomic mass is 10.3. The van der Waals surface area contributed by atoms with Gasteiger partial charge in [-0.25, -0.2) is 9.55 Å². The van der Waals surface area contributed by atoms with Gasteiger partial charge in [0.1, 0.15) is 18.5 Å². The van der Waals surface area contributed by atoms with Crippen LogP contribution in [0.25, 0.3) is 0 Å². The Bertz CT molecular complexity index is 681. The van der Waals surface area contributed by atoms with E-state index in [0.29, 0.717) is 11.5 Å². The molecule has 0 aliphatic rings. The number of carbonyl (C=O) groups is 1. The van der Waals surface area contributed by atoms with Crippen LogP contribution in [0.1, 0.15) is 12.2 Å². The average Bonchev–Trinajstić information content (AvgIpc) is 2.78. The fourth-order valence-corrected chi connectivity index (χ4v) is 1.90. The van der Waals surface area contributed by atoms with Crippen LogP contribution in [0, 0.1) is 17.0 Å². The molecular weight excluding hydrogens is 276 g/mol. The molecule has 0 saturated heterocycles. The zero-order valence-corrected chi connectivity index (χ0v) is 11.3. The number of aromatic nitrogens is 2. The third-order valence-electron chi connectivity index (χ3n) is 2.91. The van der Waals surface area contributed by atoms with Crippen molar-refractivity contribution in [3.63, 3.8) is 0 Å². The maximum atomic E-state index is 11.8. The number of hydrogen-bond donors (Lipinski definition) is 2. The molecule has 0 saturated carbocycles. The molecule has 1 heterocycles. The van der Waals surface area contributed by atoms with Gasteiger partial charge < -0.3 is 20.5 Å². The average molecular weight is 290 g/mol. The fourth-order valence-electron chi connectivity index (χ4n) is 1.90. The summed E-state index contributed by atoms with van der Waals surface area (Å²) in [4.78, 5) is 26.0. The van der Waals surface area contributed by atoms with Gasteiger partial charge in [0, 0.05) is 18.7 Å². The predicted molar refractivity (Wildman–Crippen MR) is 75.0 cm³/mol. The molecule has 0 fully saturated rings. The molecule has 0 aliphatic heterocycles. The summed E-state index contributed by atoms with van der Waals surface area (Å²) in [7, 11) is 0. The maximum Gasteiger partial charge on any atom is 0.342 e. The van der Waals surface area contributed by atoms with Crippen LogP contribution < -0.4 is 5.32 Å². The van der Waals surface area contributed by atoms with E-state index in [2.05, 4.69) is 10.3 Å². The zero-order chi connectivity index (χ0) is 15.4. The smallest absolute Gasteiger partial charge is 0.342 e. The van der Waals surface area contributed by atoms with Crippen molar-refractivity contribution in [2.24, 2.45) is 0 Å². The number of nitro groups is 1. The number of rotatable bonds is 5. The number of imidazole rings is 1. The molecule has 0 spiro atoms. The molecule has 8 heteroatoms. The van der Waals surface area contributed by atoms with Crippen molar-refractivity contribution in [2.75, 3.05) is 5.32 Å². The molecule has 1 amide bonds. The van der Waals surface area contributed by atoms with Crippen molar-refractivity contribution in [3.05, 3.63) is 46.4 Å². The Morgan fingerprint density at radius 3 is 2.95 bits per heavy atom. The highest BCUT2D eigenvalue weighted by molar-refractivity contribution is 5.90. The third-order valence-corrected chi connectivity index (χ3v) is 2.91. The standard InChI is InChI=1S/C13H14N4O4/c1-9-14-8-13(17(20)21)16(9)6-5-12(19)15-10-3-2-4-11(18)7-10/h2-4,7-8,18H,5-6H2,1H3,(H,15,19). The van der Waals surface area contributed by atoms with E-state index in [-0.39, 0.29) is 30.4 Å². The summed E-state index contributed by atoms with van der Waals surface area (Å²) in [5.74, 6) is 0.0846. The van der Waals surface area contributed by atoms with E-state index in [0.717, 1.165) is 0 Å². The Kier molecular flexibility index (Phi) is 4.17. The molecule has 1 aromatic carbocycles. The lowest BCUT2D eigenvalue weighted by molar-refractivity contribution is -0.392. The number of carbonyl (C=O) groups excluding carboxylic acids is 1. The lowest BCUT2D eigenvalue weighted by Gasteiger charge is -2.06. The molecule has 110 valence electrons. The first-order valence-corrected chi connectivity index (χ1v) is 6.23. The van der Waals surface area contributed by atoms with Crippen LogP contribution in [-0.4, -0.2) is 25.5 Å². The number of aromatic hydroxyl groups is 1. The molecule has 0 unspecified atom stereocenters. The largest absolute Gasteiger partial charge is 0.508 e. The quantitative estimate of drug-likeness (QED) is 0.644. The highest BCUT2D eigenvalue weighted by Gasteiger charge is 2.18. The van der Waals surface area contributed by atoms with Crippen LogP contribution in [0.15, 0.2) is 30.5 Å². The maximum absolute atomic E-state index is 11.8. The molecule has 8 nitrogen and oxygen atoms in total. The van der Waals surface area contributed by atoms with Gasteiger partial charge in [-0.3, -0.25) is 4.79 Å². The van der Waals surface area contributed by atoms with E-state index in [9.17, 15) is 20.0 Å². The molecule has 2 N–H and O–H groups in total. The van der Waals surface area contributed by atoms with E-state index in [4.69, 9.17) is 0 Å². The van der Waals surface area contributed by atoms with Gasteiger partial charge in [-0.2, -0.15) is 0 Å². The third kappa shape index (κ3) is 3.56. The van der Waals surface area contributed by atoms with Crippen LogP contribution in [0.4, 0.5) is 11.5 Å². The molecule has 0 atom stereocenters. The normalized spacial score (nSPS) is 10.3. The first-order chi connectivity index (χ1) is 9.97. The second kappa shape index (κ2) is 6.04. The molecule has 0 bridgehead atoms. The minimum atomic E-state index is -0.535. The van der Waals surface area contributed by atoms with E-state index < -0.39 is 4.92 Å². The number of hydrogen-bond acceptors (Lipinski definition) is 5. The van der Waals surface area contributed by atoms with Gasteiger partial charge in [-0.05, 0) is 17.1 Å². The van der Waals surface area contributed by atoms with Gasteiger partial charge in [-0.15, -0.1) is 0 Å².